The summed E-state index contributed by atoms with van der Waals surface area (Å²) < 4.78 is 30.9. The van der Waals surface area contributed by atoms with Crippen LogP contribution >= 0.6 is 0 Å². The van der Waals surface area contributed by atoms with E-state index in [0.717, 1.165) is 18.4 Å². The summed E-state index contributed by atoms with van der Waals surface area (Å²) in [5, 5.41) is 2.81. The van der Waals surface area contributed by atoms with Crippen molar-refractivity contribution in [2.45, 2.75) is 19.3 Å². The van der Waals surface area contributed by atoms with Gasteiger partial charge in [0, 0.05) is 6.54 Å². The molecule has 1 amide bonds. The van der Waals surface area contributed by atoms with Crippen LogP contribution in [0.1, 0.15) is 18.4 Å². The van der Waals surface area contributed by atoms with Gasteiger partial charge < -0.3 is 10.1 Å². The third kappa shape index (κ3) is 6.46. The van der Waals surface area contributed by atoms with E-state index in [1.807, 2.05) is 0 Å². The minimum absolute atomic E-state index is 0.0870. The molecule has 122 valence electrons. The lowest BCUT2D eigenvalue weighted by Gasteiger charge is -2.07. The minimum atomic E-state index is -0.310. The first kappa shape index (κ1) is 16.9. The van der Waals surface area contributed by atoms with Gasteiger partial charge in [-0.25, -0.2) is 8.78 Å². The van der Waals surface area contributed by atoms with Crippen LogP contribution in [0.4, 0.5) is 8.78 Å². The van der Waals surface area contributed by atoms with Gasteiger partial charge in [0.15, 0.2) is 0 Å². The van der Waals surface area contributed by atoms with Crippen molar-refractivity contribution < 1.29 is 18.3 Å². The molecule has 0 saturated carbocycles. The number of nitrogens with one attached hydrogen (secondary N) is 1. The molecule has 0 atom stereocenters. The Bertz CT molecular complexity index is 612. The molecule has 23 heavy (non-hydrogen) atoms. The first-order valence-corrected chi connectivity index (χ1v) is 7.53. The Labute approximate surface area is 134 Å². The number of unbranched alkanes of at least 4 members (excludes halogenated alkanes) is 1. The number of hydrogen-bond acceptors (Lipinski definition) is 2. The standard InChI is InChI=1S/C18H19F2NO2/c19-15-5-3-14(4-6-15)13-18(22)21-11-1-2-12-23-17-9-7-16(20)8-10-17/h3-10H,1-2,11-13H2,(H,21,22). The molecule has 2 aromatic rings. The maximum Gasteiger partial charge on any atom is 0.224 e. The van der Waals surface area contributed by atoms with E-state index in [9.17, 15) is 13.6 Å². The highest BCUT2D eigenvalue weighted by Gasteiger charge is 2.03. The highest BCUT2D eigenvalue weighted by molar-refractivity contribution is 5.78. The predicted octanol–water partition coefficient (Wildman–Crippen LogP) is 3.48. The van der Waals surface area contributed by atoms with Gasteiger partial charge in [0.2, 0.25) is 5.91 Å². The molecule has 1 N–H and O–H groups in total. The van der Waals surface area contributed by atoms with Crippen molar-refractivity contribution in [3.05, 3.63) is 65.7 Å². The van der Waals surface area contributed by atoms with Gasteiger partial charge in [-0.05, 0) is 54.8 Å². The van der Waals surface area contributed by atoms with Crippen LogP contribution in [0.5, 0.6) is 5.75 Å². The zero-order chi connectivity index (χ0) is 16.5. The number of amides is 1. The smallest absolute Gasteiger partial charge is 0.224 e. The summed E-state index contributed by atoms with van der Waals surface area (Å²) in [5.74, 6) is -0.0562. The fourth-order valence-corrected chi connectivity index (χ4v) is 2.03. The molecule has 0 bridgehead atoms. The van der Waals surface area contributed by atoms with E-state index < -0.39 is 0 Å². The molecule has 0 fully saturated rings. The molecule has 2 aromatic carbocycles. The van der Waals surface area contributed by atoms with Gasteiger partial charge in [0.05, 0.1) is 13.0 Å². The molecule has 0 aliphatic heterocycles. The number of benzene rings is 2. The van der Waals surface area contributed by atoms with Gasteiger partial charge in [-0.1, -0.05) is 12.1 Å². The molecule has 0 aromatic heterocycles. The van der Waals surface area contributed by atoms with Crippen LogP contribution in [0.25, 0.3) is 0 Å². The first-order chi connectivity index (χ1) is 11.1. The lowest BCUT2D eigenvalue weighted by molar-refractivity contribution is -0.120. The monoisotopic (exact) mass is 319 g/mol. The summed E-state index contributed by atoms with van der Waals surface area (Å²) in [5.41, 5.74) is 0.781. The van der Waals surface area contributed by atoms with E-state index in [0.29, 0.717) is 18.9 Å². The van der Waals surface area contributed by atoms with Crippen molar-refractivity contribution in [1.82, 2.24) is 5.32 Å². The van der Waals surface area contributed by atoms with E-state index in [4.69, 9.17) is 4.74 Å². The number of hydrogen-bond donors (Lipinski definition) is 1. The second kappa shape index (κ2) is 8.88. The molecule has 0 saturated heterocycles. The number of carbonyl (C=O) groups is 1. The zero-order valence-corrected chi connectivity index (χ0v) is 12.7. The van der Waals surface area contributed by atoms with Crippen molar-refractivity contribution in [3.63, 3.8) is 0 Å². The second-order valence-corrected chi connectivity index (χ2v) is 5.16. The molecular weight excluding hydrogens is 300 g/mol. The van der Waals surface area contributed by atoms with E-state index in [1.165, 1.54) is 24.3 Å². The maximum absolute atomic E-state index is 12.8. The minimum Gasteiger partial charge on any atom is -0.494 e. The molecule has 0 aliphatic rings. The van der Waals surface area contributed by atoms with Gasteiger partial charge in [0.1, 0.15) is 17.4 Å². The lowest BCUT2D eigenvalue weighted by atomic mass is 10.1. The number of rotatable bonds is 8. The largest absolute Gasteiger partial charge is 0.494 e. The summed E-state index contributed by atoms with van der Waals surface area (Å²) in [4.78, 5) is 11.7. The average molecular weight is 319 g/mol. The maximum atomic E-state index is 12.8. The summed E-state index contributed by atoms with van der Waals surface area (Å²) in [6, 6.07) is 11.8. The van der Waals surface area contributed by atoms with Crippen molar-refractivity contribution in [2.75, 3.05) is 13.2 Å². The zero-order valence-electron chi connectivity index (χ0n) is 12.7. The number of halogens is 2. The van der Waals surface area contributed by atoms with Crippen molar-refractivity contribution in [1.29, 1.82) is 0 Å². The molecule has 0 spiro atoms. The number of carbonyl (C=O) groups excluding carboxylic acids is 1. The molecule has 0 heterocycles. The second-order valence-electron chi connectivity index (χ2n) is 5.16. The van der Waals surface area contributed by atoms with Gasteiger partial charge in [-0.3, -0.25) is 4.79 Å². The first-order valence-electron chi connectivity index (χ1n) is 7.53. The van der Waals surface area contributed by atoms with Gasteiger partial charge >= 0.3 is 0 Å². The van der Waals surface area contributed by atoms with Crippen LogP contribution in [0.2, 0.25) is 0 Å². The van der Waals surface area contributed by atoms with E-state index in [1.54, 1.807) is 24.3 Å². The van der Waals surface area contributed by atoms with Crippen LogP contribution in [0.15, 0.2) is 48.5 Å². The van der Waals surface area contributed by atoms with E-state index >= 15 is 0 Å². The van der Waals surface area contributed by atoms with Crippen LogP contribution < -0.4 is 10.1 Å². The fourth-order valence-electron chi connectivity index (χ4n) is 2.03. The Hall–Kier alpha value is -2.43. The van der Waals surface area contributed by atoms with Crippen LogP contribution in [-0.2, 0) is 11.2 Å². The lowest BCUT2D eigenvalue weighted by Crippen LogP contribution is -2.26. The van der Waals surface area contributed by atoms with E-state index in [2.05, 4.69) is 5.32 Å². The van der Waals surface area contributed by atoms with Crippen molar-refractivity contribution in [2.24, 2.45) is 0 Å². The Kier molecular flexibility index (Phi) is 6.54. The summed E-state index contributed by atoms with van der Waals surface area (Å²) >= 11 is 0. The summed E-state index contributed by atoms with van der Waals surface area (Å²) in [6.07, 6.45) is 1.82. The van der Waals surface area contributed by atoms with Gasteiger partial charge in [-0.2, -0.15) is 0 Å². The van der Waals surface area contributed by atoms with Crippen LogP contribution in [0, 0.1) is 11.6 Å². The molecule has 2 rings (SSSR count). The SMILES string of the molecule is O=C(Cc1ccc(F)cc1)NCCCCOc1ccc(F)cc1. The van der Waals surface area contributed by atoms with Crippen LogP contribution in [0.3, 0.4) is 0 Å². The summed E-state index contributed by atoms with van der Waals surface area (Å²) in [7, 11) is 0. The third-order valence-corrected chi connectivity index (χ3v) is 3.25. The molecule has 0 unspecified atom stereocenters. The predicted molar refractivity (Wildman–Crippen MR) is 84.2 cm³/mol. The quantitative estimate of drug-likeness (QED) is 0.757. The van der Waals surface area contributed by atoms with Gasteiger partial charge in [0.25, 0.3) is 0 Å². The Balaban J connectivity index is 1.55. The highest BCUT2D eigenvalue weighted by atomic mass is 19.1. The number of ether oxygens (including phenoxy) is 1. The average Bonchev–Trinajstić information content (AvgIpc) is 2.54. The molecule has 5 heteroatoms. The molecule has 0 aliphatic carbocycles. The van der Waals surface area contributed by atoms with Crippen molar-refractivity contribution in [3.8, 4) is 5.75 Å². The third-order valence-electron chi connectivity index (χ3n) is 3.25. The molecule has 0 radical (unpaired) electrons. The van der Waals surface area contributed by atoms with Crippen molar-refractivity contribution >= 4 is 5.91 Å². The normalized spacial score (nSPS) is 10.3. The Morgan fingerprint density at radius 2 is 1.52 bits per heavy atom. The molecule has 3 nitrogen and oxygen atoms in total. The Morgan fingerprint density at radius 1 is 0.913 bits per heavy atom. The van der Waals surface area contributed by atoms with Crippen LogP contribution in [-0.4, -0.2) is 19.1 Å². The molecular formula is C18H19F2NO2. The van der Waals surface area contributed by atoms with Gasteiger partial charge in [-0.15, -0.1) is 0 Å². The van der Waals surface area contributed by atoms with E-state index in [-0.39, 0.29) is 24.0 Å². The topological polar surface area (TPSA) is 38.3 Å². The summed E-state index contributed by atoms with van der Waals surface area (Å²) in [6.45, 7) is 1.08. The highest BCUT2D eigenvalue weighted by Crippen LogP contribution is 2.11. The Morgan fingerprint density at radius 3 is 2.17 bits per heavy atom. The fraction of sp³-hybridized carbons (Fsp3) is 0.278.